The number of aryl methyl sites for hydroxylation is 1. The van der Waals surface area contributed by atoms with Gasteiger partial charge in [0.1, 0.15) is 11.9 Å². The SMILES string of the molecule is CCC(=N)N(CCO)c1ccc(N2C[C@H](CNC(=O)c3ccc(C)s3)OC2=O)cc1. The summed E-state index contributed by atoms with van der Waals surface area (Å²) in [5.41, 5.74) is 1.46. The van der Waals surface area contributed by atoms with Gasteiger partial charge in [-0.3, -0.25) is 15.1 Å². The lowest BCUT2D eigenvalue weighted by molar-refractivity contribution is 0.0920. The lowest BCUT2D eigenvalue weighted by Crippen LogP contribution is -2.34. The molecule has 0 saturated carbocycles. The van der Waals surface area contributed by atoms with Crippen LogP contribution in [0.25, 0.3) is 0 Å². The van der Waals surface area contributed by atoms with E-state index in [1.165, 1.54) is 16.2 Å². The quantitative estimate of drug-likeness (QED) is 0.441. The topological polar surface area (TPSA) is 106 Å². The van der Waals surface area contributed by atoms with Gasteiger partial charge in [-0.2, -0.15) is 0 Å². The summed E-state index contributed by atoms with van der Waals surface area (Å²) in [6.07, 6.45) is -0.331. The van der Waals surface area contributed by atoms with Crippen molar-refractivity contribution in [1.82, 2.24) is 5.32 Å². The molecule has 2 amide bonds. The number of thiophene rings is 1. The molecule has 0 unspecified atom stereocenters. The van der Waals surface area contributed by atoms with E-state index in [0.717, 1.165) is 10.6 Å². The highest BCUT2D eigenvalue weighted by molar-refractivity contribution is 7.13. The van der Waals surface area contributed by atoms with E-state index in [1.54, 1.807) is 23.1 Å². The van der Waals surface area contributed by atoms with Crippen LogP contribution in [0.15, 0.2) is 36.4 Å². The molecule has 9 heteroatoms. The molecule has 2 aromatic rings. The summed E-state index contributed by atoms with van der Waals surface area (Å²) in [5.74, 6) is 0.239. The first-order valence-corrected chi connectivity index (χ1v) is 10.6. The second-order valence-electron chi connectivity index (χ2n) is 6.93. The Bertz CT molecular complexity index is 912. The van der Waals surface area contributed by atoms with Crippen molar-refractivity contribution in [2.75, 3.05) is 36.0 Å². The maximum atomic E-state index is 12.3. The van der Waals surface area contributed by atoms with Gasteiger partial charge >= 0.3 is 6.09 Å². The number of aliphatic hydroxyl groups is 1. The number of hydrogen-bond acceptors (Lipinski definition) is 6. The highest BCUT2D eigenvalue weighted by Gasteiger charge is 2.32. The van der Waals surface area contributed by atoms with Crippen molar-refractivity contribution in [3.8, 4) is 0 Å². The number of carbonyl (C=O) groups excluding carboxylic acids is 2. The third-order valence-electron chi connectivity index (χ3n) is 4.79. The highest BCUT2D eigenvalue weighted by Crippen LogP contribution is 2.25. The van der Waals surface area contributed by atoms with Crippen molar-refractivity contribution >= 4 is 40.5 Å². The number of rotatable bonds is 8. The van der Waals surface area contributed by atoms with Gasteiger partial charge < -0.3 is 20.1 Å². The maximum Gasteiger partial charge on any atom is 0.414 e. The zero-order valence-corrected chi connectivity index (χ0v) is 17.9. The highest BCUT2D eigenvalue weighted by atomic mass is 32.1. The van der Waals surface area contributed by atoms with Crippen LogP contribution in [-0.4, -0.2) is 55.3 Å². The van der Waals surface area contributed by atoms with E-state index in [-0.39, 0.29) is 19.1 Å². The minimum Gasteiger partial charge on any atom is -0.442 e. The smallest absolute Gasteiger partial charge is 0.414 e. The monoisotopic (exact) mass is 430 g/mol. The molecule has 3 rings (SSSR count). The summed E-state index contributed by atoms with van der Waals surface area (Å²) in [6.45, 7) is 4.70. The molecule has 8 nitrogen and oxygen atoms in total. The Hall–Kier alpha value is -2.91. The fourth-order valence-corrected chi connectivity index (χ4v) is 4.00. The van der Waals surface area contributed by atoms with Crippen LogP contribution in [0.3, 0.4) is 0 Å². The fourth-order valence-electron chi connectivity index (χ4n) is 3.21. The first-order chi connectivity index (χ1) is 14.4. The first-order valence-electron chi connectivity index (χ1n) is 9.81. The zero-order valence-electron chi connectivity index (χ0n) is 17.1. The van der Waals surface area contributed by atoms with Gasteiger partial charge in [-0.05, 0) is 43.3 Å². The number of anilines is 2. The minimum atomic E-state index is -0.456. The van der Waals surface area contributed by atoms with Crippen molar-refractivity contribution in [3.63, 3.8) is 0 Å². The molecule has 0 bridgehead atoms. The molecule has 1 fully saturated rings. The molecule has 1 aliphatic rings. The average molecular weight is 431 g/mol. The Morgan fingerprint density at radius 3 is 2.67 bits per heavy atom. The predicted molar refractivity (Wildman–Crippen MR) is 118 cm³/mol. The minimum absolute atomic E-state index is 0.0545. The standard InChI is InChI=1S/C21H26N4O4S/c1-3-19(22)24(10-11-26)15-5-7-16(8-6-15)25-13-17(29-21(25)28)12-23-20(27)18-9-4-14(2)30-18/h4-9,17,22,26H,3,10-13H2,1-2H3,(H,23,27)/t17-/m0/s1. The number of amidine groups is 1. The number of benzene rings is 1. The second-order valence-corrected chi connectivity index (χ2v) is 8.22. The van der Waals surface area contributed by atoms with Crippen LogP contribution in [0.4, 0.5) is 16.2 Å². The van der Waals surface area contributed by atoms with E-state index in [9.17, 15) is 14.7 Å². The van der Waals surface area contributed by atoms with Gasteiger partial charge in [-0.15, -0.1) is 11.3 Å². The lowest BCUT2D eigenvalue weighted by Gasteiger charge is -2.24. The molecule has 1 atom stereocenters. The molecule has 3 N–H and O–H groups in total. The van der Waals surface area contributed by atoms with Crippen LogP contribution in [-0.2, 0) is 4.74 Å². The molecule has 1 aromatic heterocycles. The van der Waals surface area contributed by atoms with Gasteiger partial charge in [-0.1, -0.05) is 6.92 Å². The van der Waals surface area contributed by atoms with Crippen molar-refractivity contribution in [1.29, 1.82) is 5.41 Å². The Morgan fingerprint density at radius 2 is 2.07 bits per heavy atom. The van der Waals surface area contributed by atoms with E-state index in [1.807, 2.05) is 32.0 Å². The van der Waals surface area contributed by atoms with Gasteiger partial charge in [0.05, 0.1) is 24.6 Å². The molecule has 0 radical (unpaired) electrons. The molecular weight excluding hydrogens is 404 g/mol. The molecular formula is C21H26N4O4S. The van der Waals surface area contributed by atoms with Crippen LogP contribution < -0.4 is 15.1 Å². The molecule has 160 valence electrons. The number of hydrogen-bond donors (Lipinski definition) is 3. The molecule has 1 aromatic carbocycles. The van der Waals surface area contributed by atoms with Crippen LogP contribution in [0.2, 0.25) is 0 Å². The van der Waals surface area contributed by atoms with Crippen LogP contribution >= 0.6 is 11.3 Å². The summed E-state index contributed by atoms with van der Waals surface area (Å²) in [4.78, 5) is 29.4. The largest absolute Gasteiger partial charge is 0.442 e. The normalized spacial score (nSPS) is 15.8. The second kappa shape index (κ2) is 9.73. The summed E-state index contributed by atoms with van der Waals surface area (Å²) >= 11 is 1.42. The number of ether oxygens (including phenoxy) is 1. The average Bonchev–Trinajstić information content (AvgIpc) is 3.35. The van der Waals surface area contributed by atoms with Crippen molar-refractivity contribution in [2.45, 2.75) is 26.4 Å². The number of cyclic esters (lactones) is 1. The number of nitrogens with one attached hydrogen (secondary N) is 2. The van der Waals surface area contributed by atoms with Gasteiger partial charge in [0.25, 0.3) is 5.91 Å². The van der Waals surface area contributed by atoms with E-state index < -0.39 is 12.2 Å². The van der Waals surface area contributed by atoms with Crippen molar-refractivity contribution in [2.24, 2.45) is 0 Å². The van der Waals surface area contributed by atoms with Gasteiger partial charge in [-0.25, -0.2) is 4.79 Å². The van der Waals surface area contributed by atoms with E-state index >= 15 is 0 Å². The van der Waals surface area contributed by atoms with E-state index in [2.05, 4.69) is 5.32 Å². The molecule has 1 saturated heterocycles. The number of aliphatic hydroxyl groups excluding tert-OH is 1. The first kappa shape index (κ1) is 21.8. The zero-order chi connectivity index (χ0) is 21.7. The van der Waals surface area contributed by atoms with E-state index in [0.29, 0.717) is 35.9 Å². The van der Waals surface area contributed by atoms with Crippen LogP contribution in [0.5, 0.6) is 0 Å². The molecule has 30 heavy (non-hydrogen) atoms. The van der Waals surface area contributed by atoms with Gasteiger partial charge in [0, 0.05) is 29.2 Å². The number of carbonyl (C=O) groups is 2. The Kier molecular flexibility index (Phi) is 7.07. The molecule has 0 spiro atoms. The Morgan fingerprint density at radius 1 is 1.33 bits per heavy atom. The Balaban J connectivity index is 1.60. The third-order valence-corrected chi connectivity index (χ3v) is 5.79. The number of amides is 2. The van der Waals surface area contributed by atoms with Crippen LogP contribution in [0, 0.1) is 12.3 Å². The third kappa shape index (κ3) is 4.98. The fraction of sp³-hybridized carbons (Fsp3) is 0.381. The molecule has 2 heterocycles. The maximum absolute atomic E-state index is 12.3. The van der Waals surface area contributed by atoms with Crippen molar-refractivity contribution in [3.05, 3.63) is 46.2 Å². The summed E-state index contributed by atoms with van der Waals surface area (Å²) in [6, 6.07) is 10.9. The van der Waals surface area contributed by atoms with Gasteiger partial charge in [0.2, 0.25) is 0 Å². The van der Waals surface area contributed by atoms with Crippen LogP contribution in [0.1, 0.15) is 27.9 Å². The van der Waals surface area contributed by atoms with Gasteiger partial charge in [0.15, 0.2) is 0 Å². The van der Waals surface area contributed by atoms with E-state index in [4.69, 9.17) is 10.1 Å². The lowest BCUT2D eigenvalue weighted by atomic mass is 10.2. The predicted octanol–water partition coefficient (Wildman–Crippen LogP) is 3.00. The summed E-state index contributed by atoms with van der Waals surface area (Å²) in [7, 11) is 0. The molecule has 0 aliphatic carbocycles. The Labute approximate surface area is 179 Å². The van der Waals surface area contributed by atoms with Crippen molar-refractivity contribution < 1.29 is 19.4 Å². The molecule has 1 aliphatic heterocycles. The summed E-state index contributed by atoms with van der Waals surface area (Å²) in [5, 5.41) is 20.1. The summed E-state index contributed by atoms with van der Waals surface area (Å²) < 4.78 is 5.39. The number of nitrogens with zero attached hydrogens (tertiary/aromatic N) is 2.